The fourth-order valence-corrected chi connectivity index (χ4v) is 2.29. The molecule has 0 radical (unpaired) electrons. The lowest BCUT2D eigenvalue weighted by molar-refractivity contribution is -0.136. The molecule has 0 aliphatic carbocycles. The molecule has 2 aromatic carbocycles. The zero-order chi connectivity index (χ0) is 17.5. The number of benzene rings is 2. The van der Waals surface area contributed by atoms with Crippen LogP contribution in [0.5, 0.6) is 0 Å². The summed E-state index contributed by atoms with van der Waals surface area (Å²) in [6.07, 6.45) is 0.652. The first kappa shape index (κ1) is 17.8. The highest BCUT2D eigenvalue weighted by molar-refractivity contribution is 6.41. The minimum Gasteiger partial charge on any atom is -0.378 e. The fraction of sp³-hybridized carbons (Fsp3) is 0.222. The van der Waals surface area contributed by atoms with E-state index < -0.39 is 11.8 Å². The molecule has 0 aliphatic rings. The van der Waals surface area contributed by atoms with Gasteiger partial charge in [-0.05, 0) is 36.2 Å². The molecule has 5 nitrogen and oxygen atoms in total. The Balaban J connectivity index is 1.80. The first-order chi connectivity index (χ1) is 11.5. The average molecular weight is 346 g/mol. The highest BCUT2D eigenvalue weighted by atomic mass is 35.5. The van der Waals surface area contributed by atoms with E-state index in [1.54, 1.807) is 24.3 Å². The van der Waals surface area contributed by atoms with Gasteiger partial charge in [0.1, 0.15) is 0 Å². The molecule has 0 fully saturated rings. The Morgan fingerprint density at radius 1 is 1.00 bits per heavy atom. The normalized spacial score (nSPS) is 10.1. The smallest absolute Gasteiger partial charge is 0.313 e. The topological polar surface area (TPSA) is 61.4 Å². The number of rotatable bonds is 5. The third-order valence-electron chi connectivity index (χ3n) is 3.48. The van der Waals surface area contributed by atoms with Gasteiger partial charge in [-0.3, -0.25) is 9.59 Å². The molecule has 0 heterocycles. The number of anilines is 2. The largest absolute Gasteiger partial charge is 0.378 e. The van der Waals surface area contributed by atoms with Crippen LogP contribution >= 0.6 is 11.6 Å². The number of amides is 2. The molecular formula is C18H20ClN3O2. The molecule has 2 rings (SSSR count). The highest BCUT2D eigenvalue weighted by Crippen LogP contribution is 2.20. The lowest BCUT2D eigenvalue weighted by Gasteiger charge is -2.12. The Kier molecular flexibility index (Phi) is 6.21. The second kappa shape index (κ2) is 8.36. The second-order valence-corrected chi connectivity index (χ2v) is 5.91. The molecule has 2 aromatic rings. The lowest BCUT2D eigenvalue weighted by atomic mass is 10.1. The van der Waals surface area contributed by atoms with Crippen molar-refractivity contribution < 1.29 is 9.59 Å². The maximum atomic E-state index is 11.8. The zero-order valence-electron chi connectivity index (χ0n) is 13.7. The Morgan fingerprint density at radius 2 is 1.67 bits per heavy atom. The predicted octanol–water partition coefficient (Wildman–Crippen LogP) is 2.70. The van der Waals surface area contributed by atoms with E-state index in [1.165, 1.54) is 0 Å². The standard InChI is InChI=1S/C18H20ClN3O2/c1-22(2)14-9-7-13(8-10-14)11-12-20-17(23)18(24)21-16-6-4-3-5-15(16)19/h3-10H,11-12H2,1-2H3,(H,20,23)(H,21,24). The third kappa shape index (κ3) is 4.99. The summed E-state index contributed by atoms with van der Waals surface area (Å²) >= 11 is 5.94. The first-order valence-electron chi connectivity index (χ1n) is 7.57. The molecule has 24 heavy (non-hydrogen) atoms. The van der Waals surface area contributed by atoms with Gasteiger partial charge in [0, 0.05) is 26.3 Å². The number of hydrogen-bond donors (Lipinski definition) is 2. The summed E-state index contributed by atoms with van der Waals surface area (Å²) in [5.41, 5.74) is 2.62. The monoisotopic (exact) mass is 345 g/mol. The molecule has 126 valence electrons. The van der Waals surface area contributed by atoms with Gasteiger partial charge in [-0.25, -0.2) is 0 Å². The van der Waals surface area contributed by atoms with Gasteiger partial charge in [0.15, 0.2) is 0 Å². The van der Waals surface area contributed by atoms with Crippen molar-refractivity contribution in [1.82, 2.24) is 5.32 Å². The van der Waals surface area contributed by atoms with Crippen LogP contribution < -0.4 is 15.5 Å². The number of halogens is 1. The van der Waals surface area contributed by atoms with Crippen LogP contribution in [0.15, 0.2) is 48.5 Å². The van der Waals surface area contributed by atoms with Crippen LogP contribution in [0.3, 0.4) is 0 Å². The first-order valence-corrected chi connectivity index (χ1v) is 7.95. The molecule has 0 unspecified atom stereocenters. The number of nitrogens with zero attached hydrogens (tertiary/aromatic N) is 1. The molecule has 0 spiro atoms. The molecule has 2 N–H and O–H groups in total. The summed E-state index contributed by atoms with van der Waals surface area (Å²) in [4.78, 5) is 25.7. The van der Waals surface area contributed by atoms with Gasteiger partial charge in [0.05, 0.1) is 10.7 Å². The summed E-state index contributed by atoms with van der Waals surface area (Å²) in [7, 11) is 3.96. The summed E-state index contributed by atoms with van der Waals surface area (Å²) in [6, 6.07) is 14.8. The van der Waals surface area contributed by atoms with Crippen LogP contribution in [0.1, 0.15) is 5.56 Å². The second-order valence-electron chi connectivity index (χ2n) is 5.50. The summed E-state index contributed by atoms with van der Waals surface area (Å²) < 4.78 is 0. The van der Waals surface area contributed by atoms with Crippen LogP contribution in [0.2, 0.25) is 5.02 Å². The average Bonchev–Trinajstić information content (AvgIpc) is 2.57. The Bertz CT molecular complexity index is 714. The van der Waals surface area contributed by atoms with Crippen molar-refractivity contribution in [3.63, 3.8) is 0 Å². The zero-order valence-corrected chi connectivity index (χ0v) is 14.4. The Hall–Kier alpha value is -2.53. The van der Waals surface area contributed by atoms with E-state index in [-0.39, 0.29) is 0 Å². The van der Waals surface area contributed by atoms with E-state index in [9.17, 15) is 9.59 Å². The minimum absolute atomic E-state index is 0.385. The van der Waals surface area contributed by atoms with Gasteiger partial charge >= 0.3 is 11.8 Å². The summed E-state index contributed by atoms with van der Waals surface area (Å²) in [5, 5.41) is 5.48. The van der Waals surface area contributed by atoms with Crippen LogP contribution in [-0.2, 0) is 16.0 Å². The van der Waals surface area contributed by atoms with Crippen LogP contribution in [-0.4, -0.2) is 32.5 Å². The quantitative estimate of drug-likeness (QED) is 0.819. The van der Waals surface area contributed by atoms with Crippen molar-refractivity contribution in [1.29, 1.82) is 0 Å². The van der Waals surface area contributed by atoms with Crippen LogP contribution in [0.25, 0.3) is 0 Å². The molecule has 2 amide bonds. The van der Waals surface area contributed by atoms with Gasteiger partial charge in [-0.2, -0.15) is 0 Å². The molecule has 0 aromatic heterocycles. The summed E-state index contributed by atoms with van der Waals surface area (Å²) in [5.74, 6) is -1.41. The fourth-order valence-electron chi connectivity index (χ4n) is 2.10. The van der Waals surface area contributed by atoms with E-state index in [2.05, 4.69) is 10.6 Å². The molecule has 0 aliphatic heterocycles. The molecule has 0 bridgehead atoms. The minimum atomic E-state index is -0.731. The molecule has 6 heteroatoms. The molecule has 0 saturated carbocycles. The molecule has 0 atom stereocenters. The van der Waals surface area contributed by atoms with Gasteiger partial charge in [0.25, 0.3) is 0 Å². The van der Waals surface area contributed by atoms with E-state index in [0.29, 0.717) is 23.7 Å². The highest BCUT2D eigenvalue weighted by Gasteiger charge is 2.14. The maximum Gasteiger partial charge on any atom is 0.313 e. The van der Waals surface area contributed by atoms with Crippen molar-refractivity contribution in [2.24, 2.45) is 0 Å². The van der Waals surface area contributed by atoms with E-state index in [0.717, 1.165) is 11.3 Å². The predicted molar refractivity (Wildman–Crippen MR) is 97.6 cm³/mol. The molecular weight excluding hydrogens is 326 g/mol. The maximum absolute atomic E-state index is 11.8. The van der Waals surface area contributed by atoms with Crippen LogP contribution in [0, 0.1) is 0 Å². The number of para-hydroxylation sites is 1. The van der Waals surface area contributed by atoms with Crippen molar-refractivity contribution in [3.8, 4) is 0 Å². The van der Waals surface area contributed by atoms with E-state index >= 15 is 0 Å². The number of carbonyl (C=O) groups excluding carboxylic acids is 2. The van der Waals surface area contributed by atoms with E-state index in [1.807, 2.05) is 43.3 Å². The number of nitrogens with one attached hydrogen (secondary N) is 2. The molecule has 0 saturated heterocycles. The van der Waals surface area contributed by atoms with Crippen LogP contribution in [0.4, 0.5) is 11.4 Å². The lowest BCUT2D eigenvalue weighted by Crippen LogP contribution is -2.36. The SMILES string of the molecule is CN(C)c1ccc(CCNC(=O)C(=O)Nc2ccccc2Cl)cc1. The van der Waals surface area contributed by atoms with Crippen molar-refractivity contribution in [2.45, 2.75) is 6.42 Å². The Morgan fingerprint density at radius 3 is 2.29 bits per heavy atom. The third-order valence-corrected chi connectivity index (χ3v) is 3.81. The van der Waals surface area contributed by atoms with Gasteiger partial charge in [-0.15, -0.1) is 0 Å². The van der Waals surface area contributed by atoms with Gasteiger partial charge < -0.3 is 15.5 Å². The van der Waals surface area contributed by atoms with Gasteiger partial charge in [-0.1, -0.05) is 35.9 Å². The summed E-state index contributed by atoms with van der Waals surface area (Å²) in [6.45, 7) is 0.385. The number of carbonyl (C=O) groups is 2. The van der Waals surface area contributed by atoms with E-state index in [4.69, 9.17) is 11.6 Å². The van der Waals surface area contributed by atoms with Gasteiger partial charge in [0.2, 0.25) is 0 Å². The number of hydrogen-bond acceptors (Lipinski definition) is 3. The van der Waals surface area contributed by atoms with Crippen molar-refractivity contribution >= 4 is 34.8 Å². The Labute approximate surface area is 146 Å². The van der Waals surface area contributed by atoms with Crippen molar-refractivity contribution in [3.05, 3.63) is 59.1 Å². The van der Waals surface area contributed by atoms with Crippen molar-refractivity contribution in [2.75, 3.05) is 30.9 Å².